The van der Waals surface area contributed by atoms with E-state index in [0.717, 1.165) is 12.6 Å². The zero-order valence-corrected chi connectivity index (χ0v) is 10.7. The lowest BCUT2D eigenvalue weighted by atomic mass is 10.1. The molecule has 2 saturated heterocycles. The van der Waals surface area contributed by atoms with Gasteiger partial charge >= 0.3 is 0 Å². The minimum atomic E-state index is 0.630. The summed E-state index contributed by atoms with van der Waals surface area (Å²) < 4.78 is 0. The minimum Gasteiger partial charge on any atom is -0.329 e. The first-order chi connectivity index (χ1) is 7.85. The van der Waals surface area contributed by atoms with Crippen molar-refractivity contribution >= 4 is 0 Å². The summed E-state index contributed by atoms with van der Waals surface area (Å²) in [5.74, 6) is 0. The topological polar surface area (TPSA) is 32.5 Å². The van der Waals surface area contributed by atoms with Crippen LogP contribution in [0.1, 0.15) is 39.0 Å². The highest BCUT2D eigenvalue weighted by Crippen LogP contribution is 2.23. The molecule has 2 fully saturated rings. The Balaban J connectivity index is 1.93. The average molecular weight is 225 g/mol. The van der Waals surface area contributed by atoms with Crippen LogP contribution in [-0.2, 0) is 0 Å². The first-order valence-corrected chi connectivity index (χ1v) is 7.03. The largest absolute Gasteiger partial charge is 0.329 e. The quantitative estimate of drug-likeness (QED) is 0.782. The second-order valence-electron chi connectivity index (χ2n) is 5.36. The molecule has 0 bridgehead atoms. The Hall–Kier alpha value is -0.120. The molecule has 16 heavy (non-hydrogen) atoms. The molecule has 2 unspecified atom stereocenters. The van der Waals surface area contributed by atoms with E-state index >= 15 is 0 Å². The second kappa shape index (κ2) is 5.99. The Kier molecular flexibility index (Phi) is 4.62. The summed E-state index contributed by atoms with van der Waals surface area (Å²) >= 11 is 0. The van der Waals surface area contributed by atoms with Gasteiger partial charge in [0.15, 0.2) is 0 Å². The summed E-state index contributed by atoms with van der Waals surface area (Å²) in [6.07, 6.45) is 6.66. The fourth-order valence-corrected chi connectivity index (χ4v) is 3.35. The van der Waals surface area contributed by atoms with Gasteiger partial charge in [-0.1, -0.05) is 13.3 Å². The lowest BCUT2D eigenvalue weighted by Crippen LogP contribution is -2.45. The fourth-order valence-electron chi connectivity index (χ4n) is 3.35. The van der Waals surface area contributed by atoms with E-state index in [1.165, 1.54) is 58.3 Å². The Bertz CT molecular complexity index is 207. The maximum Gasteiger partial charge on any atom is 0.0223 e. The van der Waals surface area contributed by atoms with Crippen molar-refractivity contribution < 1.29 is 0 Å². The number of rotatable bonds is 4. The molecule has 2 rings (SSSR count). The third-order valence-electron chi connectivity index (χ3n) is 4.25. The molecular weight excluding hydrogens is 198 g/mol. The van der Waals surface area contributed by atoms with Gasteiger partial charge in [-0.3, -0.25) is 9.80 Å². The Morgan fingerprint density at radius 1 is 1.25 bits per heavy atom. The molecule has 3 heteroatoms. The van der Waals surface area contributed by atoms with Gasteiger partial charge in [0, 0.05) is 25.2 Å². The smallest absolute Gasteiger partial charge is 0.0223 e. The van der Waals surface area contributed by atoms with Crippen LogP contribution in [0.4, 0.5) is 0 Å². The summed E-state index contributed by atoms with van der Waals surface area (Å²) in [4.78, 5) is 5.36. The third kappa shape index (κ3) is 2.76. The highest BCUT2D eigenvalue weighted by molar-refractivity contribution is 4.87. The normalized spacial score (nSPS) is 30.0. The molecule has 0 radical (unpaired) electrons. The van der Waals surface area contributed by atoms with Crippen LogP contribution in [0.3, 0.4) is 0 Å². The molecule has 2 heterocycles. The van der Waals surface area contributed by atoms with E-state index in [4.69, 9.17) is 5.73 Å². The van der Waals surface area contributed by atoms with Crippen LogP contribution in [0.15, 0.2) is 0 Å². The first-order valence-electron chi connectivity index (χ1n) is 7.03. The van der Waals surface area contributed by atoms with Gasteiger partial charge in [0.05, 0.1) is 0 Å². The Morgan fingerprint density at radius 3 is 2.81 bits per heavy atom. The van der Waals surface area contributed by atoms with Gasteiger partial charge in [0.25, 0.3) is 0 Å². The molecule has 0 aromatic carbocycles. The SMILES string of the molecule is CCCC(CN)N1CCCN2CCCC2C1. The molecule has 2 aliphatic rings. The van der Waals surface area contributed by atoms with Crippen molar-refractivity contribution in [3.05, 3.63) is 0 Å². The van der Waals surface area contributed by atoms with Crippen molar-refractivity contribution in [2.24, 2.45) is 5.73 Å². The van der Waals surface area contributed by atoms with E-state index in [0.29, 0.717) is 6.04 Å². The zero-order chi connectivity index (χ0) is 11.4. The zero-order valence-electron chi connectivity index (χ0n) is 10.7. The van der Waals surface area contributed by atoms with Crippen molar-refractivity contribution in [3.63, 3.8) is 0 Å². The molecule has 3 nitrogen and oxygen atoms in total. The van der Waals surface area contributed by atoms with Gasteiger partial charge in [0.1, 0.15) is 0 Å². The van der Waals surface area contributed by atoms with Gasteiger partial charge in [-0.05, 0) is 45.3 Å². The lowest BCUT2D eigenvalue weighted by Gasteiger charge is -2.32. The molecule has 2 N–H and O–H groups in total. The van der Waals surface area contributed by atoms with Crippen LogP contribution in [0, 0.1) is 0 Å². The number of hydrogen-bond acceptors (Lipinski definition) is 3. The summed E-state index contributed by atoms with van der Waals surface area (Å²) in [6.45, 7) is 8.27. The van der Waals surface area contributed by atoms with E-state index < -0.39 is 0 Å². The standard InChI is InChI=1S/C13H27N3/c1-2-5-12(10-14)16-9-4-8-15-7-3-6-13(15)11-16/h12-13H,2-11,14H2,1H3. The van der Waals surface area contributed by atoms with Crippen molar-refractivity contribution in [2.75, 3.05) is 32.7 Å². The second-order valence-corrected chi connectivity index (χ2v) is 5.36. The maximum absolute atomic E-state index is 5.92. The fraction of sp³-hybridized carbons (Fsp3) is 1.00. The van der Waals surface area contributed by atoms with Crippen molar-refractivity contribution in [1.29, 1.82) is 0 Å². The Labute approximate surface area is 100.0 Å². The Morgan fingerprint density at radius 2 is 2.06 bits per heavy atom. The predicted octanol–water partition coefficient (Wildman–Crippen LogP) is 1.28. The van der Waals surface area contributed by atoms with Crippen LogP contribution >= 0.6 is 0 Å². The molecule has 0 aromatic rings. The minimum absolute atomic E-state index is 0.630. The van der Waals surface area contributed by atoms with Crippen LogP contribution < -0.4 is 5.73 Å². The summed E-state index contributed by atoms with van der Waals surface area (Å²) in [5.41, 5.74) is 5.92. The van der Waals surface area contributed by atoms with E-state index in [2.05, 4.69) is 16.7 Å². The molecule has 0 spiro atoms. The average Bonchev–Trinajstić information content (AvgIpc) is 2.64. The summed E-state index contributed by atoms with van der Waals surface area (Å²) in [7, 11) is 0. The van der Waals surface area contributed by atoms with E-state index in [9.17, 15) is 0 Å². The molecule has 94 valence electrons. The van der Waals surface area contributed by atoms with Gasteiger partial charge in [-0.25, -0.2) is 0 Å². The third-order valence-corrected chi connectivity index (χ3v) is 4.25. The molecule has 0 aliphatic carbocycles. The monoisotopic (exact) mass is 225 g/mol. The molecule has 0 amide bonds. The maximum atomic E-state index is 5.92. The molecule has 2 atom stereocenters. The van der Waals surface area contributed by atoms with E-state index in [1.807, 2.05) is 0 Å². The lowest BCUT2D eigenvalue weighted by molar-refractivity contribution is 0.168. The highest BCUT2D eigenvalue weighted by atomic mass is 15.3. The van der Waals surface area contributed by atoms with Crippen LogP contribution in [-0.4, -0.2) is 54.6 Å². The number of fused-ring (bicyclic) bond motifs is 1. The van der Waals surface area contributed by atoms with Gasteiger partial charge < -0.3 is 5.73 Å². The van der Waals surface area contributed by atoms with Crippen LogP contribution in [0.5, 0.6) is 0 Å². The van der Waals surface area contributed by atoms with Crippen molar-refractivity contribution in [1.82, 2.24) is 9.80 Å². The number of nitrogens with zero attached hydrogens (tertiary/aromatic N) is 2. The highest BCUT2D eigenvalue weighted by Gasteiger charge is 2.30. The molecule has 0 saturated carbocycles. The summed E-state index contributed by atoms with van der Waals surface area (Å²) in [5, 5.41) is 0. The van der Waals surface area contributed by atoms with E-state index in [1.54, 1.807) is 0 Å². The predicted molar refractivity (Wildman–Crippen MR) is 68.5 cm³/mol. The van der Waals surface area contributed by atoms with Crippen LogP contribution in [0.25, 0.3) is 0 Å². The van der Waals surface area contributed by atoms with Gasteiger partial charge in [-0.2, -0.15) is 0 Å². The number of nitrogens with two attached hydrogens (primary N) is 1. The number of hydrogen-bond donors (Lipinski definition) is 1. The van der Waals surface area contributed by atoms with E-state index in [-0.39, 0.29) is 0 Å². The molecule has 2 aliphatic heterocycles. The van der Waals surface area contributed by atoms with Crippen LogP contribution in [0.2, 0.25) is 0 Å². The molecular formula is C13H27N3. The van der Waals surface area contributed by atoms with Crippen molar-refractivity contribution in [3.8, 4) is 0 Å². The summed E-state index contributed by atoms with van der Waals surface area (Å²) in [6, 6.07) is 1.46. The van der Waals surface area contributed by atoms with Gasteiger partial charge in [0.2, 0.25) is 0 Å². The van der Waals surface area contributed by atoms with Gasteiger partial charge in [-0.15, -0.1) is 0 Å². The first kappa shape index (κ1) is 12.3. The van der Waals surface area contributed by atoms with Crippen molar-refractivity contribution in [2.45, 2.75) is 51.1 Å². The molecule has 0 aromatic heterocycles.